The molecule has 19 heavy (non-hydrogen) atoms. The molecule has 2 nitrogen and oxygen atoms in total. The van der Waals surface area contributed by atoms with Crippen LogP contribution in [0.15, 0.2) is 0 Å². The van der Waals surface area contributed by atoms with Crippen LogP contribution in [0, 0.1) is 5.92 Å². The molecule has 1 saturated carbocycles. The SMILES string of the molecule is CCCCCC(C)NCCN(CCC(C)C)C1CC1. The maximum atomic E-state index is 3.70. The van der Waals surface area contributed by atoms with E-state index >= 15 is 0 Å². The maximum absolute atomic E-state index is 3.70. The lowest BCUT2D eigenvalue weighted by atomic mass is 10.1. The average Bonchev–Trinajstić information content (AvgIpc) is 3.17. The number of unbranched alkanes of at least 4 members (excludes halogenated alkanes) is 2. The summed E-state index contributed by atoms with van der Waals surface area (Å²) in [4.78, 5) is 2.71. The normalized spacial score (nSPS) is 17.4. The topological polar surface area (TPSA) is 15.3 Å². The van der Waals surface area contributed by atoms with Gasteiger partial charge in [0.15, 0.2) is 0 Å². The highest BCUT2D eigenvalue weighted by molar-refractivity contribution is 4.85. The molecular formula is C17H36N2. The van der Waals surface area contributed by atoms with Gasteiger partial charge in [-0.1, -0.05) is 40.0 Å². The van der Waals surface area contributed by atoms with Crippen LogP contribution in [0.5, 0.6) is 0 Å². The summed E-state index contributed by atoms with van der Waals surface area (Å²) in [5.74, 6) is 0.835. The van der Waals surface area contributed by atoms with Crippen LogP contribution in [0.2, 0.25) is 0 Å². The van der Waals surface area contributed by atoms with Gasteiger partial charge in [-0.05, 0) is 45.1 Å². The third kappa shape index (κ3) is 8.65. The quantitative estimate of drug-likeness (QED) is 0.537. The third-order valence-electron chi connectivity index (χ3n) is 4.19. The molecule has 0 aromatic rings. The molecule has 0 amide bonds. The maximum Gasteiger partial charge on any atom is 0.0110 e. The van der Waals surface area contributed by atoms with E-state index < -0.39 is 0 Å². The summed E-state index contributed by atoms with van der Waals surface area (Å²) < 4.78 is 0. The monoisotopic (exact) mass is 268 g/mol. The van der Waals surface area contributed by atoms with E-state index in [2.05, 4.69) is 37.9 Å². The Labute approximate surface area is 121 Å². The first-order chi connectivity index (χ1) is 9.13. The standard InChI is InChI=1S/C17H36N2/c1-5-6-7-8-16(4)18-12-14-19(17-9-10-17)13-11-15(2)3/h15-18H,5-14H2,1-4H3. The van der Waals surface area contributed by atoms with Gasteiger partial charge in [-0.2, -0.15) is 0 Å². The fourth-order valence-corrected chi connectivity index (χ4v) is 2.60. The summed E-state index contributed by atoms with van der Waals surface area (Å²) in [6, 6.07) is 1.61. The van der Waals surface area contributed by atoms with Gasteiger partial charge in [0, 0.05) is 25.2 Å². The molecule has 1 rings (SSSR count). The molecule has 0 aliphatic heterocycles. The molecule has 1 unspecified atom stereocenters. The first-order valence-corrected chi connectivity index (χ1v) is 8.61. The Balaban J connectivity index is 2.07. The van der Waals surface area contributed by atoms with Gasteiger partial charge in [-0.25, -0.2) is 0 Å². The predicted molar refractivity (Wildman–Crippen MR) is 85.7 cm³/mol. The van der Waals surface area contributed by atoms with E-state index in [9.17, 15) is 0 Å². The van der Waals surface area contributed by atoms with E-state index in [1.807, 2.05) is 0 Å². The number of nitrogens with zero attached hydrogens (tertiary/aromatic N) is 1. The summed E-state index contributed by atoms with van der Waals surface area (Å²) in [7, 11) is 0. The Hall–Kier alpha value is -0.0800. The summed E-state index contributed by atoms with van der Waals surface area (Å²) in [5.41, 5.74) is 0. The second-order valence-corrected chi connectivity index (χ2v) is 6.80. The van der Waals surface area contributed by atoms with Crippen molar-refractivity contribution in [1.29, 1.82) is 0 Å². The molecule has 0 spiro atoms. The van der Waals surface area contributed by atoms with E-state index in [0.717, 1.165) is 12.0 Å². The van der Waals surface area contributed by atoms with Crippen molar-refractivity contribution in [3.63, 3.8) is 0 Å². The van der Waals surface area contributed by atoms with Gasteiger partial charge in [0.1, 0.15) is 0 Å². The van der Waals surface area contributed by atoms with Gasteiger partial charge in [-0.15, -0.1) is 0 Å². The van der Waals surface area contributed by atoms with Gasteiger partial charge in [0.05, 0.1) is 0 Å². The molecule has 0 radical (unpaired) electrons. The molecule has 1 aliphatic rings. The van der Waals surface area contributed by atoms with E-state index in [-0.39, 0.29) is 0 Å². The van der Waals surface area contributed by atoms with Gasteiger partial charge in [-0.3, -0.25) is 4.90 Å². The van der Waals surface area contributed by atoms with Crippen molar-refractivity contribution in [1.82, 2.24) is 10.2 Å². The van der Waals surface area contributed by atoms with Crippen molar-refractivity contribution >= 4 is 0 Å². The Morgan fingerprint density at radius 3 is 2.37 bits per heavy atom. The van der Waals surface area contributed by atoms with Gasteiger partial charge in [0.2, 0.25) is 0 Å². The predicted octanol–water partition coefficient (Wildman–Crippen LogP) is 4.06. The molecule has 1 atom stereocenters. The lowest BCUT2D eigenvalue weighted by molar-refractivity contribution is 0.244. The van der Waals surface area contributed by atoms with Gasteiger partial charge >= 0.3 is 0 Å². The molecule has 1 fully saturated rings. The van der Waals surface area contributed by atoms with Crippen molar-refractivity contribution in [2.24, 2.45) is 5.92 Å². The van der Waals surface area contributed by atoms with E-state index in [0.29, 0.717) is 6.04 Å². The highest BCUT2D eigenvalue weighted by Crippen LogP contribution is 2.26. The zero-order valence-corrected chi connectivity index (χ0v) is 13.8. The highest BCUT2D eigenvalue weighted by atomic mass is 15.2. The molecule has 1 aliphatic carbocycles. The summed E-state index contributed by atoms with van der Waals surface area (Å²) in [5, 5.41) is 3.70. The van der Waals surface area contributed by atoms with Gasteiger partial charge in [0.25, 0.3) is 0 Å². The van der Waals surface area contributed by atoms with Crippen LogP contribution >= 0.6 is 0 Å². The van der Waals surface area contributed by atoms with Crippen molar-refractivity contribution < 1.29 is 0 Å². The minimum Gasteiger partial charge on any atom is -0.313 e. The number of nitrogens with one attached hydrogen (secondary N) is 1. The van der Waals surface area contributed by atoms with E-state index in [1.54, 1.807) is 0 Å². The largest absolute Gasteiger partial charge is 0.313 e. The first kappa shape index (κ1) is 17.0. The lowest BCUT2D eigenvalue weighted by Gasteiger charge is -2.24. The van der Waals surface area contributed by atoms with E-state index in [4.69, 9.17) is 0 Å². The molecule has 0 saturated heterocycles. The Kier molecular flexibility index (Phi) is 8.72. The summed E-state index contributed by atoms with van der Waals surface area (Å²) in [6.07, 6.45) is 9.65. The number of hydrogen-bond acceptors (Lipinski definition) is 2. The molecule has 0 aromatic carbocycles. The summed E-state index contributed by atoms with van der Waals surface area (Å²) in [6.45, 7) is 13.0. The van der Waals surface area contributed by atoms with Crippen molar-refractivity contribution in [2.45, 2.75) is 84.7 Å². The zero-order chi connectivity index (χ0) is 14.1. The van der Waals surface area contributed by atoms with Gasteiger partial charge < -0.3 is 5.32 Å². The average molecular weight is 268 g/mol. The summed E-state index contributed by atoms with van der Waals surface area (Å²) >= 11 is 0. The van der Waals surface area contributed by atoms with E-state index in [1.165, 1.54) is 64.6 Å². The molecule has 0 bridgehead atoms. The van der Waals surface area contributed by atoms with Crippen LogP contribution in [0.25, 0.3) is 0 Å². The second kappa shape index (κ2) is 9.77. The molecule has 114 valence electrons. The first-order valence-electron chi connectivity index (χ1n) is 8.61. The number of rotatable bonds is 12. The minimum absolute atomic E-state index is 0.692. The Morgan fingerprint density at radius 1 is 1.05 bits per heavy atom. The van der Waals surface area contributed by atoms with Crippen molar-refractivity contribution in [3.8, 4) is 0 Å². The van der Waals surface area contributed by atoms with Crippen molar-refractivity contribution in [2.75, 3.05) is 19.6 Å². The highest BCUT2D eigenvalue weighted by Gasteiger charge is 2.28. The van der Waals surface area contributed by atoms with Crippen LogP contribution < -0.4 is 5.32 Å². The lowest BCUT2D eigenvalue weighted by Crippen LogP contribution is -2.37. The van der Waals surface area contributed by atoms with Crippen LogP contribution in [0.3, 0.4) is 0 Å². The Bertz CT molecular complexity index is 211. The van der Waals surface area contributed by atoms with Crippen molar-refractivity contribution in [3.05, 3.63) is 0 Å². The smallest absolute Gasteiger partial charge is 0.0110 e. The molecule has 1 N–H and O–H groups in total. The molecule has 0 aromatic heterocycles. The van der Waals surface area contributed by atoms with Crippen LogP contribution in [-0.2, 0) is 0 Å². The van der Waals surface area contributed by atoms with Crippen LogP contribution in [-0.4, -0.2) is 36.6 Å². The zero-order valence-electron chi connectivity index (χ0n) is 13.8. The Morgan fingerprint density at radius 2 is 1.79 bits per heavy atom. The molecule has 0 heterocycles. The third-order valence-corrected chi connectivity index (χ3v) is 4.19. The minimum atomic E-state index is 0.692. The fraction of sp³-hybridized carbons (Fsp3) is 1.00. The second-order valence-electron chi connectivity index (χ2n) is 6.80. The molecular weight excluding hydrogens is 232 g/mol. The fourth-order valence-electron chi connectivity index (χ4n) is 2.60. The van der Waals surface area contributed by atoms with Crippen LogP contribution in [0.4, 0.5) is 0 Å². The van der Waals surface area contributed by atoms with Crippen LogP contribution in [0.1, 0.15) is 72.6 Å². The number of hydrogen-bond donors (Lipinski definition) is 1. The molecule has 2 heteroatoms.